The lowest BCUT2D eigenvalue weighted by Crippen LogP contribution is -2.41. The minimum absolute atomic E-state index is 0.133. The Balaban J connectivity index is 1.65. The molecule has 0 radical (unpaired) electrons. The summed E-state index contributed by atoms with van der Waals surface area (Å²) in [6, 6.07) is 5.77. The third-order valence-corrected chi connectivity index (χ3v) is 5.73. The molecule has 0 amide bonds. The van der Waals surface area contributed by atoms with Gasteiger partial charge in [-0.3, -0.25) is 18.7 Å². The monoisotopic (exact) mass is 441 g/mol. The lowest BCUT2D eigenvalue weighted by atomic mass is 10.2. The molecule has 0 unspecified atom stereocenters. The number of nitrogen functional groups attached to an aromatic ring is 1. The van der Waals surface area contributed by atoms with Crippen LogP contribution in [0.5, 0.6) is 0 Å². The number of aromatic nitrogens is 6. The van der Waals surface area contributed by atoms with Crippen molar-refractivity contribution < 1.29 is 9.18 Å². The van der Waals surface area contributed by atoms with Crippen LogP contribution >= 0.6 is 11.8 Å². The fraction of sp³-hybridized carbons (Fsp3) is 0.158. The highest BCUT2D eigenvalue weighted by Crippen LogP contribution is 2.26. The first kappa shape index (κ1) is 20.5. The SMILES string of the molecule is Cn1c(N)c(C(=O)CSc2ncnc3c2cnn3-c2ccc(F)cc2)c(=O)n(C)c1=O. The van der Waals surface area contributed by atoms with E-state index in [-0.39, 0.29) is 23.0 Å². The number of hydrogen-bond acceptors (Lipinski definition) is 8. The molecular weight excluding hydrogens is 425 g/mol. The Morgan fingerprint density at radius 3 is 2.55 bits per heavy atom. The van der Waals surface area contributed by atoms with E-state index in [1.807, 2.05) is 0 Å². The standard InChI is InChI=1S/C19H16FN7O3S/c1-25-15(21)14(18(29)26(2)19(25)30)13(28)8-31-17-12-7-24-27(16(12)22-9-23-17)11-5-3-10(20)4-6-11/h3-7,9H,8,21H2,1-2H3. The maximum absolute atomic E-state index is 13.2. The van der Waals surface area contributed by atoms with Crippen LogP contribution in [0.2, 0.25) is 0 Å². The molecule has 0 aliphatic carbocycles. The summed E-state index contributed by atoms with van der Waals surface area (Å²) in [5, 5.41) is 5.35. The summed E-state index contributed by atoms with van der Waals surface area (Å²) < 4.78 is 16.6. The lowest BCUT2D eigenvalue weighted by Gasteiger charge is -2.10. The molecule has 31 heavy (non-hydrogen) atoms. The number of fused-ring (bicyclic) bond motifs is 1. The zero-order valence-corrected chi connectivity index (χ0v) is 17.3. The number of rotatable bonds is 5. The molecule has 1 aromatic carbocycles. The van der Waals surface area contributed by atoms with Crippen LogP contribution in [0.25, 0.3) is 16.7 Å². The summed E-state index contributed by atoms with van der Waals surface area (Å²) in [6.07, 6.45) is 2.88. The number of benzene rings is 1. The number of nitrogens with two attached hydrogens (primary N) is 1. The highest BCUT2D eigenvalue weighted by molar-refractivity contribution is 8.00. The molecule has 10 nitrogen and oxygen atoms in total. The smallest absolute Gasteiger partial charge is 0.332 e. The molecule has 0 aliphatic rings. The fourth-order valence-electron chi connectivity index (χ4n) is 3.04. The predicted molar refractivity (Wildman–Crippen MR) is 113 cm³/mol. The number of hydrogen-bond donors (Lipinski definition) is 1. The van der Waals surface area contributed by atoms with Crippen molar-refractivity contribution in [3.8, 4) is 5.69 Å². The molecule has 0 spiro atoms. The van der Waals surface area contributed by atoms with Gasteiger partial charge in [-0.05, 0) is 24.3 Å². The number of anilines is 1. The van der Waals surface area contributed by atoms with Crippen molar-refractivity contribution in [1.29, 1.82) is 0 Å². The number of thioether (sulfide) groups is 1. The van der Waals surface area contributed by atoms with Gasteiger partial charge in [-0.15, -0.1) is 0 Å². The third kappa shape index (κ3) is 3.50. The highest BCUT2D eigenvalue weighted by Gasteiger charge is 2.21. The normalized spacial score (nSPS) is 11.2. The number of nitrogens with zero attached hydrogens (tertiary/aromatic N) is 6. The molecule has 4 aromatic rings. The van der Waals surface area contributed by atoms with Crippen LogP contribution in [0.15, 0.2) is 51.4 Å². The van der Waals surface area contributed by atoms with Crippen molar-refractivity contribution in [3.63, 3.8) is 0 Å². The van der Waals surface area contributed by atoms with Crippen LogP contribution in [0.3, 0.4) is 0 Å². The molecule has 3 heterocycles. The Bertz CT molecular complexity index is 1440. The summed E-state index contributed by atoms with van der Waals surface area (Å²) in [5.74, 6) is -1.22. The fourth-order valence-corrected chi connectivity index (χ4v) is 3.87. The van der Waals surface area contributed by atoms with E-state index in [1.54, 1.807) is 18.3 Å². The van der Waals surface area contributed by atoms with Gasteiger partial charge < -0.3 is 5.73 Å². The van der Waals surface area contributed by atoms with E-state index in [9.17, 15) is 18.8 Å². The Labute approximate surface area is 178 Å². The minimum Gasteiger partial charge on any atom is -0.384 e. The molecule has 3 aromatic heterocycles. The Morgan fingerprint density at radius 1 is 1.13 bits per heavy atom. The molecule has 0 saturated heterocycles. The molecular formula is C19H16FN7O3S. The predicted octanol–water partition coefficient (Wildman–Crippen LogP) is 0.909. The van der Waals surface area contributed by atoms with Crippen LogP contribution in [-0.2, 0) is 14.1 Å². The molecule has 0 atom stereocenters. The highest BCUT2D eigenvalue weighted by atomic mass is 32.2. The van der Waals surface area contributed by atoms with Crippen LogP contribution < -0.4 is 17.0 Å². The largest absolute Gasteiger partial charge is 0.384 e. The molecule has 0 aliphatic heterocycles. The summed E-state index contributed by atoms with van der Waals surface area (Å²) in [7, 11) is 2.67. The van der Waals surface area contributed by atoms with E-state index in [2.05, 4.69) is 15.1 Å². The van der Waals surface area contributed by atoms with E-state index in [0.29, 0.717) is 21.7 Å². The Kier molecular flexibility index (Phi) is 5.15. The van der Waals surface area contributed by atoms with Crippen molar-refractivity contribution in [2.45, 2.75) is 5.03 Å². The van der Waals surface area contributed by atoms with Crippen LogP contribution in [0.4, 0.5) is 10.2 Å². The first-order chi connectivity index (χ1) is 14.8. The van der Waals surface area contributed by atoms with Crippen molar-refractivity contribution >= 4 is 34.4 Å². The van der Waals surface area contributed by atoms with E-state index < -0.39 is 17.0 Å². The Morgan fingerprint density at radius 2 is 1.84 bits per heavy atom. The average molecular weight is 441 g/mol. The summed E-state index contributed by atoms with van der Waals surface area (Å²) in [4.78, 5) is 45.5. The van der Waals surface area contributed by atoms with Crippen LogP contribution in [0, 0.1) is 5.82 Å². The van der Waals surface area contributed by atoms with E-state index in [4.69, 9.17) is 5.73 Å². The average Bonchev–Trinajstić information content (AvgIpc) is 3.20. The lowest BCUT2D eigenvalue weighted by molar-refractivity contribution is 0.102. The van der Waals surface area contributed by atoms with Crippen molar-refractivity contribution in [2.75, 3.05) is 11.5 Å². The van der Waals surface area contributed by atoms with Gasteiger partial charge in [-0.2, -0.15) is 5.10 Å². The van der Waals surface area contributed by atoms with Gasteiger partial charge in [0.1, 0.15) is 28.6 Å². The van der Waals surface area contributed by atoms with Gasteiger partial charge in [-0.25, -0.2) is 23.8 Å². The van der Waals surface area contributed by atoms with Crippen molar-refractivity contribution in [2.24, 2.45) is 14.1 Å². The third-order valence-electron chi connectivity index (χ3n) is 4.73. The van der Waals surface area contributed by atoms with E-state index in [0.717, 1.165) is 20.9 Å². The molecule has 2 N–H and O–H groups in total. The van der Waals surface area contributed by atoms with E-state index in [1.165, 1.54) is 37.2 Å². The number of Topliss-reactive ketones (excluding diaryl/α,β-unsaturated/α-hetero) is 1. The van der Waals surface area contributed by atoms with E-state index >= 15 is 0 Å². The number of halogens is 1. The molecule has 12 heteroatoms. The maximum Gasteiger partial charge on any atom is 0.332 e. The quantitative estimate of drug-likeness (QED) is 0.275. The zero-order chi connectivity index (χ0) is 22.3. The zero-order valence-electron chi connectivity index (χ0n) is 16.4. The first-order valence-electron chi connectivity index (χ1n) is 8.95. The molecule has 4 rings (SSSR count). The topological polar surface area (TPSA) is 131 Å². The number of carbonyl (C=O) groups is 1. The van der Waals surface area contributed by atoms with Gasteiger partial charge in [0.25, 0.3) is 5.56 Å². The second-order valence-corrected chi connectivity index (χ2v) is 7.59. The molecule has 0 fully saturated rings. The van der Waals surface area contributed by atoms with Crippen molar-refractivity contribution in [3.05, 3.63) is 69.0 Å². The maximum atomic E-state index is 13.2. The summed E-state index contributed by atoms with van der Waals surface area (Å²) in [6.45, 7) is 0. The first-order valence-corrected chi connectivity index (χ1v) is 9.94. The van der Waals surface area contributed by atoms with Gasteiger partial charge in [0.2, 0.25) is 0 Å². The summed E-state index contributed by atoms with van der Waals surface area (Å²) in [5.41, 5.74) is 5.33. The van der Waals surface area contributed by atoms with Gasteiger partial charge >= 0.3 is 5.69 Å². The van der Waals surface area contributed by atoms with Crippen LogP contribution in [0.1, 0.15) is 10.4 Å². The molecule has 158 valence electrons. The number of carbonyl (C=O) groups excluding carboxylic acids is 1. The second-order valence-electron chi connectivity index (χ2n) is 6.63. The summed E-state index contributed by atoms with van der Waals surface area (Å²) >= 11 is 1.09. The van der Waals surface area contributed by atoms with Crippen LogP contribution in [-0.4, -0.2) is 40.4 Å². The minimum atomic E-state index is -0.747. The van der Waals surface area contributed by atoms with Gasteiger partial charge in [0.05, 0.1) is 23.0 Å². The van der Waals surface area contributed by atoms with Gasteiger partial charge in [-0.1, -0.05) is 11.8 Å². The number of ketones is 1. The second kappa shape index (κ2) is 7.80. The molecule has 0 bridgehead atoms. The van der Waals surface area contributed by atoms with Crippen molar-refractivity contribution in [1.82, 2.24) is 28.9 Å². The van der Waals surface area contributed by atoms with Gasteiger partial charge in [0, 0.05) is 14.1 Å². The Hall–Kier alpha value is -3.80. The molecule has 0 saturated carbocycles. The van der Waals surface area contributed by atoms with Gasteiger partial charge in [0.15, 0.2) is 11.4 Å².